The van der Waals surface area contributed by atoms with Crippen molar-refractivity contribution in [3.05, 3.63) is 70.6 Å². The molecule has 2 heterocycles. The van der Waals surface area contributed by atoms with Crippen molar-refractivity contribution in [1.82, 2.24) is 30.0 Å². The van der Waals surface area contributed by atoms with E-state index in [4.69, 9.17) is 25.8 Å². The zero-order valence-electron chi connectivity index (χ0n) is 25.0. The average Bonchev–Trinajstić information content (AvgIpc) is 3.39. The van der Waals surface area contributed by atoms with Gasteiger partial charge in [0.15, 0.2) is 11.6 Å². The molecule has 0 aliphatic heterocycles. The summed E-state index contributed by atoms with van der Waals surface area (Å²) in [6.45, 7) is 5.17. The summed E-state index contributed by atoms with van der Waals surface area (Å²) < 4.78 is 33.1. The van der Waals surface area contributed by atoms with Crippen molar-refractivity contribution in [3.8, 4) is 17.1 Å². The van der Waals surface area contributed by atoms with Gasteiger partial charge in [0.2, 0.25) is 5.28 Å². The van der Waals surface area contributed by atoms with Crippen LogP contribution in [0.25, 0.3) is 11.4 Å². The number of amides is 2. The highest BCUT2D eigenvalue weighted by atomic mass is 35.5. The summed E-state index contributed by atoms with van der Waals surface area (Å²) in [5.74, 6) is -0.0628. The van der Waals surface area contributed by atoms with E-state index in [0.717, 1.165) is 0 Å². The molecular weight excluding hydrogens is 595 g/mol. The first-order chi connectivity index (χ1) is 20.9. The van der Waals surface area contributed by atoms with Gasteiger partial charge in [-0.2, -0.15) is 10.1 Å². The largest absolute Gasteiger partial charge is 0.494 e. The Hall–Kier alpha value is -4.82. The van der Waals surface area contributed by atoms with Gasteiger partial charge in [0.1, 0.15) is 29.1 Å². The fourth-order valence-electron chi connectivity index (χ4n) is 4.06. The molecule has 0 bridgehead atoms. The number of anilines is 3. The number of aromatic nitrogens is 5. The van der Waals surface area contributed by atoms with Crippen LogP contribution in [0.3, 0.4) is 0 Å². The number of halogens is 2. The molecule has 0 atom stereocenters. The molecule has 3 N–H and O–H groups in total. The fraction of sp³-hybridized carbons (Fsp3) is 0.310. The third-order valence-electron chi connectivity index (χ3n) is 5.89. The predicted octanol–water partition coefficient (Wildman–Crippen LogP) is 5.24. The van der Waals surface area contributed by atoms with Gasteiger partial charge >= 0.3 is 6.09 Å². The highest BCUT2D eigenvalue weighted by molar-refractivity contribution is 6.28. The van der Waals surface area contributed by atoms with Gasteiger partial charge in [-0.1, -0.05) is 0 Å². The molecule has 232 valence electrons. The van der Waals surface area contributed by atoms with Gasteiger partial charge < -0.3 is 24.8 Å². The molecule has 44 heavy (non-hydrogen) atoms. The first-order valence-electron chi connectivity index (χ1n) is 13.3. The van der Waals surface area contributed by atoms with E-state index in [2.05, 4.69) is 36.0 Å². The molecule has 2 aromatic carbocycles. The van der Waals surface area contributed by atoms with E-state index >= 15 is 0 Å². The lowest BCUT2D eigenvalue weighted by Gasteiger charge is -2.20. The second kappa shape index (κ2) is 13.7. The van der Waals surface area contributed by atoms with Gasteiger partial charge in [-0.25, -0.2) is 19.2 Å². The Morgan fingerprint density at radius 3 is 2.55 bits per heavy atom. The second-order valence-corrected chi connectivity index (χ2v) is 10.8. The van der Waals surface area contributed by atoms with Crippen molar-refractivity contribution in [3.63, 3.8) is 0 Å². The van der Waals surface area contributed by atoms with Crippen molar-refractivity contribution in [2.75, 3.05) is 24.8 Å². The molecule has 15 heteroatoms. The van der Waals surface area contributed by atoms with E-state index in [1.54, 1.807) is 51.0 Å². The number of benzene rings is 2. The zero-order valence-corrected chi connectivity index (χ0v) is 25.7. The highest BCUT2D eigenvalue weighted by Crippen LogP contribution is 2.38. The number of hydrogen-bond acceptors (Lipinski definition) is 10. The van der Waals surface area contributed by atoms with Crippen LogP contribution in [0.5, 0.6) is 5.75 Å². The van der Waals surface area contributed by atoms with E-state index in [1.165, 1.54) is 38.6 Å². The van der Waals surface area contributed by atoms with Crippen LogP contribution in [0.2, 0.25) is 5.28 Å². The van der Waals surface area contributed by atoms with E-state index in [-0.39, 0.29) is 35.4 Å². The molecule has 2 amide bonds. The quantitative estimate of drug-likeness (QED) is 0.199. The first-order valence-corrected chi connectivity index (χ1v) is 13.7. The first kappa shape index (κ1) is 32.1. The van der Waals surface area contributed by atoms with Crippen LogP contribution in [0.1, 0.15) is 42.3 Å². The van der Waals surface area contributed by atoms with E-state index < -0.39 is 23.4 Å². The molecule has 0 fully saturated rings. The van der Waals surface area contributed by atoms with E-state index in [1.807, 2.05) is 0 Å². The van der Waals surface area contributed by atoms with Gasteiger partial charge in [-0.3, -0.25) is 14.8 Å². The van der Waals surface area contributed by atoms with Gasteiger partial charge in [0, 0.05) is 31.5 Å². The molecule has 0 saturated heterocycles. The Morgan fingerprint density at radius 1 is 1.11 bits per heavy atom. The summed E-state index contributed by atoms with van der Waals surface area (Å²) in [5.41, 5.74) is 1.61. The number of hydrogen-bond donors (Lipinski definition) is 3. The Balaban J connectivity index is 1.62. The molecule has 0 radical (unpaired) electrons. The minimum Gasteiger partial charge on any atom is -0.494 e. The zero-order chi connectivity index (χ0) is 32.0. The monoisotopic (exact) mass is 626 g/mol. The lowest BCUT2D eigenvalue weighted by Crippen LogP contribution is -2.27. The molecule has 13 nitrogen and oxygen atoms in total. The summed E-state index contributed by atoms with van der Waals surface area (Å²) >= 11 is 6.04. The third-order valence-corrected chi connectivity index (χ3v) is 6.08. The highest BCUT2D eigenvalue weighted by Gasteiger charge is 2.21. The summed E-state index contributed by atoms with van der Waals surface area (Å²) in [7, 11) is 4.70. The Labute approximate surface area is 258 Å². The number of ether oxygens (including phenoxy) is 3. The Bertz CT molecular complexity index is 1670. The summed E-state index contributed by atoms with van der Waals surface area (Å²) in [6.07, 6.45) is 2.19. The molecular formula is C29H32ClFN8O5. The number of nitrogens with zero attached hydrogens (tertiary/aromatic N) is 5. The maximum Gasteiger partial charge on any atom is 0.412 e. The second-order valence-electron chi connectivity index (χ2n) is 10.5. The van der Waals surface area contributed by atoms with E-state index in [0.29, 0.717) is 34.1 Å². The van der Waals surface area contributed by atoms with Gasteiger partial charge in [0.25, 0.3) is 5.91 Å². The summed E-state index contributed by atoms with van der Waals surface area (Å²) in [6, 6.07) is 7.66. The maximum absolute atomic E-state index is 14.6. The van der Waals surface area contributed by atoms with Gasteiger partial charge in [0.05, 0.1) is 31.6 Å². The Morgan fingerprint density at radius 2 is 1.89 bits per heavy atom. The molecule has 4 aromatic rings. The van der Waals surface area contributed by atoms with Crippen molar-refractivity contribution in [1.29, 1.82) is 0 Å². The lowest BCUT2D eigenvalue weighted by molar-refractivity contribution is 0.0635. The molecule has 0 unspecified atom stereocenters. The topological polar surface area (TPSA) is 154 Å². The number of carbonyl (C=O) groups excluding carboxylic acids is 2. The van der Waals surface area contributed by atoms with Crippen LogP contribution in [0.15, 0.2) is 42.9 Å². The normalized spacial score (nSPS) is 11.2. The van der Waals surface area contributed by atoms with Crippen LogP contribution in [0.4, 0.5) is 26.4 Å². The number of rotatable bonds is 10. The lowest BCUT2D eigenvalue weighted by atomic mass is 10.1. The standard InChI is InChI=1S/C29H32ClFN8O5/c1-29(2,3)44-28(41)35-18-7-8-21(31)17(11-18)14-43-13-16-9-19(24-34-15-39(5)38-24)23(42-6)22(10-16)36-25-20(26(40)32-4)12-33-27(30)37-25/h7-12,15H,13-14H2,1-6H3,(H,32,40)(H,35,41)(H,33,36,37). The molecule has 0 aliphatic carbocycles. The average molecular weight is 627 g/mol. The maximum atomic E-state index is 14.6. The predicted molar refractivity (Wildman–Crippen MR) is 161 cm³/mol. The third kappa shape index (κ3) is 8.17. The van der Waals surface area contributed by atoms with Crippen LogP contribution in [-0.2, 0) is 29.7 Å². The summed E-state index contributed by atoms with van der Waals surface area (Å²) in [5, 5.41) is 12.6. The van der Waals surface area contributed by atoms with Crippen molar-refractivity contribution >= 4 is 40.8 Å². The molecule has 2 aromatic heterocycles. The molecule has 0 aliphatic rings. The summed E-state index contributed by atoms with van der Waals surface area (Å²) in [4.78, 5) is 37.1. The van der Waals surface area contributed by atoms with Crippen LogP contribution in [0, 0.1) is 5.82 Å². The Kier molecular flexibility index (Phi) is 9.96. The number of carbonyl (C=O) groups is 2. The molecule has 4 rings (SSSR count). The van der Waals surface area contributed by atoms with Crippen molar-refractivity contribution < 1.29 is 28.2 Å². The SMILES string of the molecule is CNC(=O)c1cnc(Cl)nc1Nc1cc(COCc2cc(NC(=O)OC(C)(C)C)ccc2F)cc(-c2ncn(C)n2)c1OC. The smallest absolute Gasteiger partial charge is 0.412 e. The van der Waals surface area contributed by atoms with Crippen molar-refractivity contribution in [2.24, 2.45) is 7.05 Å². The van der Waals surface area contributed by atoms with Gasteiger partial charge in [-0.15, -0.1) is 0 Å². The number of methoxy groups -OCH3 is 1. The minimum atomic E-state index is -0.685. The van der Waals surface area contributed by atoms with Gasteiger partial charge in [-0.05, 0) is 68.3 Å². The number of nitrogens with one attached hydrogen (secondary N) is 3. The minimum absolute atomic E-state index is 0.0362. The van der Waals surface area contributed by atoms with E-state index in [9.17, 15) is 14.0 Å². The van der Waals surface area contributed by atoms with Crippen LogP contribution in [-0.4, -0.2) is 56.5 Å². The molecule has 0 spiro atoms. The fourth-order valence-corrected chi connectivity index (χ4v) is 4.19. The number of aryl methyl sites for hydroxylation is 1. The molecule has 0 saturated carbocycles. The van der Waals surface area contributed by atoms with Crippen molar-refractivity contribution in [2.45, 2.75) is 39.6 Å². The van der Waals surface area contributed by atoms with Crippen LogP contribution >= 0.6 is 11.6 Å². The van der Waals surface area contributed by atoms with Crippen LogP contribution < -0.4 is 20.7 Å².